The monoisotopic (exact) mass is 285 g/mol. The third-order valence-electron chi connectivity index (χ3n) is 3.07. The molecule has 1 heterocycles. The highest BCUT2D eigenvalue weighted by atomic mass is 32.2. The molecule has 1 aromatic rings. The summed E-state index contributed by atoms with van der Waals surface area (Å²) in [6.07, 6.45) is 0. The lowest BCUT2D eigenvalue weighted by Gasteiger charge is -2.33. The molecule has 3 nitrogen and oxygen atoms in total. The molecule has 19 heavy (non-hydrogen) atoms. The second-order valence-corrected chi connectivity index (χ2v) is 5.80. The summed E-state index contributed by atoms with van der Waals surface area (Å²) in [7, 11) is 3.61. The van der Waals surface area contributed by atoms with Crippen LogP contribution in [0.5, 0.6) is 0 Å². The molecule has 0 saturated heterocycles. The maximum atomic E-state index is 13.9. The fourth-order valence-corrected chi connectivity index (χ4v) is 3.40. The Kier molecular flexibility index (Phi) is 3.64. The van der Waals surface area contributed by atoms with E-state index in [2.05, 4.69) is 5.32 Å². The van der Waals surface area contributed by atoms with E-state index < -0.39 is 17.0 Å². The van der Waals surface area contributed by atoms with Crippen molar-refractivity contribution >= 4 is 17.7 Å². The normalized spacial score (nSPS) is 21.1. The number of hydrogen-bond acceptors (Lipinski definition) is 2. The smallest absolute Gasteiger partial charge is 0.225 e. The fraction of sp³-hybridized carbons (Fsp3) is 0.308. The van der Waals surface area contributed by atoms with Gasteiger partial charge in [-0.25, -0.2) is 8.78 Å². The van der Waals surface area contributed by atoms with Crippen molar-refractivity contribution in [2.45, 2.75) is 12.3 Å². The number of carbonyl (C=O) groups excluding carboxylic acids is 1. The Hall–Kier alpha value is -1.40. The lowest BCUT2D eigenvalue weighted by Crippen LogP contribution is -2.44. The summed E-state index contributed by atoms with van der Waals surface area (Å²) in [5, 5.41) is 3.98. The summed E-state index contributed by atoms with van der Waals surface area (Å²) in [6, 6.07) is 3.83. The summed E-state index contributed by atoms with van der Waals surface area (Å²) < 4.78 is 27.9. The van der Waals surface area contributed by atoms with Gasteiger partial charge in [-0.15, -0.1) is 0 Å². The van der Waals surface area contributed by atoms with Gasteiger partial charge in [0.2, 0.25) is 11.7 Å². The van der Waals surface area contributed by atoms with Gasteiger partial charge in [-0.1, -0.05) is 17.8 Å². The van der Waals surface area contributed by atoms with Crippen LogP contribution in [0.3, 0.4) is 0 Å². The first kappa shape index (κ1) is 14.0. The van der Waals surface area contributed by atoms with Crippen molar-refractivity contribution in [3.05, 3.63) is 46.6 Å². The van der Waals surface area contributed by atoms with Crippen LogP contribution in [0.25, 0.3) is 0 Å². The Morgan fingerprint density at radius 1 is 1.32 bits per heavy atom. The van der Waals surface area contributed by atoms with E-state index in [0.717, 1.165) is 0 Å². The molecule has 0 saturated carbocycles. The molecule has 1 atom stereocenters. The molecular formula is C13H15F2N2OS+. The Morgan fingerprint density at radius 2 is 1.89 bits per heavy atom. The van der Waals surface area contributed by atoms with E-state index in [1.54, 1.807) is 19.5 Å². The van der Waals surface area contributed by atoms with Crippen molar-refractivity contribution < 1.29 is 18.1 Å². The average molecular weight is 285 g/mol. The number of hydrogen-bond donors (Lipinski definition) is 1. The second-order valence-electron chi connectivity index (χ2n) is 4.85. The predicted octanol–water partition coefficient (Wildman–Crippen LogP) is 2.72. The molecule has 0 fully saturated rings. The van der Waals surface area contributed by atoms with Gasteiger partial charge in [-0.2, -0.15) is 0 Å². The maximum Gasteiger partial charge on any atom is 0.225 e. The minimum atomic E-state index is -0.568. The molecule has 0 bridgehead atoms. The highest BCUT2D eigenvalue weighted by Gasteiger charge is 2.43. The van der Waals surface area contributed by atoms with Crippen LogP contribution in [0.4, 0.5) is 8.78 Å². The summed E-state index contributed by atoms with van der Waals surface area (Å²) in [5.74, 6) is -0.708. The summed E-state index contributed by atoms with van der Waals surface area (Å²) in [6.45, 7) is 1.41. The van der Waals surface area contributed by atoms with E-state index in [1.807, 2.05) is 0 Å². The van der Waals surface area contributed by atoms with Crippen molar-refractivity contribution in [2.24, 2.45) is 0 Å². The molecule has 0 aliphatic carbocycles. The molecule has 1 aliphatic rings. The van der Waals surface area contributed by atoms with Crippen LogP contribution >= 0.6 is 11.8 Å². The van der Waals surface area contributed by atoms with E-state index >= 15 is 0 Å². The minimum absolute atomic E-state index is 0.0362. The number of nitrogens with zero attached hydrogens (tertiary/aromatic N) is 1. The molecule has 1 unspecified atom stereocenters. The predicted molar refractivity (Wildman–Crippen MR) is 70.7 cm³/mol. The van der Waals surface area contributed by atoms with Gasteiger partial charge in [0.15, 0.2) is 5.37 Å². The van der Waals surface area contributed by atoms with Crippen LogP contribution in [0.2, 0.25) is 0 Å². The van der Waals surface area contributed by atoms with E-state index in [1.165, 1.54) is 36.9 Å². The largest absolute Gasteiger partial charge is 0.281 e. The van der Waals surface area contributed by atoms with Gasteiger partial charge in [0.05, 0.1) is 25.1 Å². The maximum absolute atomic E-state index is 13.9. The van der Waals surface area contributed by atoms with Gasteiger partial charge in [-0.3, -0.25) is 14.6 Å². The Balaban J connectivity index is 2.37. The second kappa shape index (κ2) is 4.94. The van der Waals surface area contributed by atoms with Crippen LogP contribution < -0.4 is 5.32 Å². The lowest BCUT2D eigenvalue weighted by molar-refractivity contribution is -0.868. The standard InChI is InChI=1S/C13H14F2N2OS/c1-8(18)16-11-7-19-13(17(11,2)3)12-9(14)5-4-6-10(12)15/h4-7,13H,1-3H3/p+1. The van der Waals surface area contributed by atoms with Crippen molar-refractivity contribution in [1.82, 2.24) is 5.32 Å². The quantitative estimate of drug-likeness (QED) is 0.847. The number of thioether (sulfide) groups is 1. The molecule has 6 heteroatoms. The number of halogens is 2. The van der Waals surface area contributed by atoms with Crippen LogP contribution in [-0.2, 0) is 4.79 Å². The molecule has 0 aromatic heterocycles. The molecule has 0 spiro atoms. The van der Waals surface area contributed by atoms with Gasteiger partial charge < -0.3 is 0 Å². The van der Waals surface area contributed by atoms with Gasteiger partial charge in [0.1, 0.15) is 11.6 Å². The first-order valence-electron chi connectivity index (χ1n) is 5.75. The molecule has 1 aromatic carbocycles. The number of nitrogens with one attached hydrogen (secondary N) is 1. The third-order valence-corrected chi connectivity index (χ3v) is 4.45. The van der Waals surface area contributed by atoms with Gasteiger partial charge in [0.25, 0.3) is 0 Å². The van der Waals surface area contributed by atoms with Gasteiger partial charge >= 0.3 is 0 Å². The highest BCUT2D eigenvalue weighted by molar-refractivity contribution is 8.02. The first-order chi connectivity index (χ1) is 8.84. The van der Waals surface area contributed by atoms with E-state index in [4.69, 9.17) is 0 Å². The van der Waals surface area contributed by atoms with Gasteiger partial charge in [-0.05, 0) is 12.1 Å². The van der Waals surface area contributed by atoms with Crippen molar-refractivity contribution in [3.8, 4) is 0 Å². The zero-order valence-corrected chi connectivity index (χ0v) is 11.7. The van der Waals surface area contributed by atoms with Crippen molar-refractivity contribution in [3.63, 3.8) is 0 Å². The molecule has 1 amide bonds. The Morgan fingerprint density at radius 3 is 2.42 bits per heavy atom. The molecule has 1 aliphatic heterocycles. The summed E-state index contributed by atoms with van der Waals surface area (Å²) in [4.78, 5) is 11.1. The van der Waals surface area contributed by atoms with Crippen LogP contribution in [0.1, 0.15) is 17.9 Å². The minimum Gasteiger partial charge on any atom is -0.281 e. The Bertz CT molecular complexity index is 537. The van der Waals surface area contributed by atoms with E-state index in [-0.39, 0.29) is 16.0 Å². The highest BCUT2D eigenvalue weighted by Crippen LogP contribution is 2.46. The topological polar surface area (TPSA) is 29.1 Å². The molecule has 2 rings (SSSR count). The summed E-state index contributed by atoms with van der Waals surface area (Å²) >= 11 is 1.30. The number of rotatable bonds is 2. The van der Waals surface area contributed by atoms with E-state index in [9.17, 15) is 13.6 Å². The average Bonchev–Trinajstić information content (AvgIpc) is 2.55. The van der Waals surface area contributed by atoms with Crippen molar-refractivity contribution in [1.29, 1.82) is 0 Å². The van der Waals surface area contributed by atoms with Gasteiger partial charge in [0, 0.05) is 6.92 Å². The van der Waals surface area contributed by atoms with Crippen molar-refractivity contribution in [2.75, 3.05) is 14.1 Å². The SMILES string of the molecule is CC(=O)NC1=CSC(c2c(F)cccc2F)[N+]1(C)C. The zero-order chi connectivity index (χ0) is 14.2. The third kappa shape index (κ3) is 2.50. The zero-order valence-electron chi connectivity index (χ0n) is 10.9. The molecule has 102 valence electrons. The fourth-order valence-electron chi connectivity index (χ4n) is 2.03. The van der Waals surface area contributed by atoms with E-state index in [0.29, 0.717) is 5.82 Å². The number of carbonyl (C=O) groups is 1. The number of benzene rings is 1. The van der Waals surface area contributed by atoms with Crippen LogP contribution in [0.15, 0.2) is 29.4 Å². The number of amides is 1. The summed E-state index contributed by atoms with van der Waals surface area (Å²) in [5.41, 5.74) is 0.0362. The lowest BCUT2D eigenvalue weighted by atomic mass is 10.1. The van der Waals surface area contributed by atoms with Crippen LogP contribution in [0, 0.1) is 11.6 Å². The van der Waals surface area contributed by atoms with Crippen LogP contribution in [-0.4, -0.2) is 24.5 Å². The first-order valence-corrected chi connectivity index (χ1v) is 6.69. The molecule has 0 radical (unpaired) electrons. The Labute approximate surface area is 114 Å². The molecule has 1 N–H and O–H groups in total. The number of quaternary nitrogens is 1. The molecular weight excluding hydrogens is 270 g/mol.